The summed E-state index contributed by atoms with van der Waals surface area (Å²) in [6.45, 7) is 0. The minimum atomic E-state index is -4.18. The number of carbonyl (C=O) groups is 1. The lowest BCUT2D eigenvalue weighted by molar-refractivity contribution is -0.112. The van der Waals surface area contributed by atoms with E-state index in [1.165, 1.54) is 37.5 Å². The van der Waals surface area contributed by atoms with Crippen LogP contribution >= 0.6 is 11.6 Å². The second-order valence-electron chi connectivity index (χ2n) is 5.91. The van der Waals surface area contributed by atoms with Crippen molar-refractivity contribution >= 4 is 44.3 Å². The van der Waals surface area contributed by atoms with Crippen LogP contribution < -0.4 is 10.4 Å². The van der Waals surface area contributed by atoms with Gasteiger partial charge in [-0.05, 0) is 48.0 Å². The fourth-order valence-corrected chi connectivity index (χ4v) is 3.92. The van der Waals surface area contributed by atoms with Crippen LogP contribution in [-0.4, -0.2) is 27.1 Å². The molecule has 0 saturated carbocycles. The van der Waals surface area contributed by atoms with Gasteiger partial charge in [-0.3, -0.25) is 4.79 Å². The van der Waals surface area contributed by atoms with Gasteiger partial charge in [0.15, 0.2) is 20.5 Å². The molecule has 0 amide bonds. The van der Waals surface area contributed by atoms with E-state index in [1.807, 2.05) is 0 Å². The van der Waals surface area contributed by atoms with Crippen molar-refractivity contribution in [2.24, 2.45) is 0 Å². The van der Waals surface area contributed by atoms with Gasteiger partial charge in [0.2, 0.25) is 0 Å². The summed E-state index contributed by atoms with van der Waals surface area (Å²) in [4.78, 5) is 23.6. The molecule has 0 bridgehead atoms. The second kappa shape index (κ2) is 8.00. The Morgan fingerprint density at radius 1 is 1.14 bits per heavy atom. The Hall–Kier alpha value is -2.90. The SMILES string of the molecule is COc1ccc(/C=C\C(=O)CS(=O)(=O)c2cc3cc(Cl)ccc3oc2=O)cc1. The molecule has 3 rings (SSSR count). The van der Waals surface area contributed by atoms with Crippen LogP contribution in [0.3, 0.4) is 0 Å². The van der Waals surface area contributed by atoms with Gasteiger partial charge < -0.3 is 9.15 Å². The highest BCUT2D eigenvalue weighted by Gasteiger charge is 2.23. The van der Waals surface area contributed by atoms with Crippen molar-refractivity contribution in [3.05, 3.63) is 75.6 Å². The van der Waals surface area contributed by atoms with Crippen LogP contribution in [0.1, 0.15) is 5.56 Å². The van der Waals surface area contributed by atoms with E-state index in [9.17, 15) is 18.0 Å². The lowest BCUT2D eigenvalue weighted by Crippen LogP contribution is -2.20. The minimum Gasteiger partial charge on any atom is -0.497 e. The molecule has 0 fully saturated rings. The van der Waals surface area contributed by atoms with Crippen molar-refractivity contribution in [1.82, 2.24) is 0 Å². The molecule has 0 aliphatic heterocycles. The van der Waals surface area contributed by atoms with Crippen molar-refractivity contribution in [1.29, 1.82) is 0 Å². The van der Waals surface area contributed by atoms with Crippen LogP contribution in [0.5, 0.6) is 5.75 Å². The normalized spacial score (nSPS) is 11.8. The number of ether oxygens (including phenoxy) is 1. The molecule has 3 aromatic rings. The molecule has 0 N–H and O–H groups in total. The van der Waals surface area contributed by atoms with E-state index in [4.69, 9.17) is 20.8 Å². The zero-order valence-corrected chi connectivity index (χ0v) is 16.3. The molecule has 0 unspecified atom stereocenters. The van der Waals surface area contributed by atoms with Crippen molar-refractivity contribution < 1.29 is 22.4 Å². The Bertz CT molecular complexity index is 1220. The van der Waals surface area contributed by atoms with Crippen LogP contribution in [0.4, 0.5) is 0 Å². The molecule has 0 aliphatic carbocycles. The average molecular weight is 419 g/mol. The van der Waals surface area contributed by atoms with Gasteiger partial charge in [-0.25, -0.2) is 13.2 Å². The maximum absolute atomic E-state index is 12.5. The molecule has 0 radical (unpaired) electrons. The standard InChI is InChI=1S/C20H15ClO6S/c1-26-17-7-3-13(4-8-17)2-6-16(22)12-28(24,25)19-11-14-10-15(21)5-9-18(14)27-20(19)23/h2-11H,12H2,1H3/b6-2-. The Morgan fingerprint density at radius 2 is 1.86 bits per heavy atom. The maximum Gasteiger partial charge on any atom is 0.355 e. The highest BCUT2D eigenvalue weighted by Crippen LogP contribution is 2.21. The van der Waals surface area contributed by atoms with E-state index in [-0.39, 0.29) is 5.58 Å². The lowest BCUT2D eigenvalue weighted by atomic mass is 10.2. The van der Waals surface area contributed by atoms with Crippen LogP contribution in [-0.2, 0) is 14.6 Å². The monoisotopic (exact) mass is 418 g/mol. The van der Waals surface area contributed by atoms with Gasteiger partial charge >= 0.3 is 5.63 Å². The van der Waals surface area contributed by atoms with Crippen LogP contribution in [0.15, 0.2) is 68.7 Å². The van der Waals surface area contributed by atoms with E-state index in [1.54, 1.807) is 24.3 Å². The second-order valence-corrected chi connectivity index (χ2v) is 8.31. The third kappa shape index (κ3) is 4.49. The molecule has 0 aliphatic rings. The summed E-state index contributed by atoms with van der Waals surface area (Å²) in [5.74, 6) is -0.855. The first-order valence-electron chi connectivity index (χ1n) is 8.09. The van der Waals surface area contributed by atoms with Crippen molar-refractivity contribution in [2.75, 3.05) is 12.9 Å². The van der Waals surface area contributed by atoms with Crippen LogP contribution in [0, 0.1) is 0 Å². The third-order valence-electron chi connectivity index (χ3n) is 3.91. The smallest absolute Gasteiger partial charge is 0.355 e. The number of fused-ring (bicyclic) bond motifs is 1. The lowest BCUT2D eigenvalue weighted by Gasteiger charge is -2.03. The van der Waals surface area contributed by atoms with Crippen molar-refractivity contribution in [3.8, 4) is 5.75 Å². The summed E-state index contributed by atoms with van der Waals surface area (Å²) in [5.41, 5.74) is -0.118. The van der Waals surface area contributed by atoms with Crippen LogP contribution in [0.25, 0.3) is 17.0 Å². The summed E-state index contributed by atoms with van der Waals surface area (Å²) in [6.07, 6.45) is 2.64. The molecule has 28 heavy (non-hydrogen) atoms. The van der Waals surface area contributed by atoms with E-state index in [2.05, 4.69) is 0 Å². The number of hydrogen-bond donors (Lipinski definition) is 0. The van der Waals surface area contributed by atoms with Gasteiger partial charge in [0, 0.05) is 10.4 Å². The third-order valence-corrected chi connectivity index (χ3v) is 5.76. The molecule has 0 spiro atoms. The van der Waals surface area contributed by atoms with Gasteiger partial charge in [0.05, 0.1) is 7.11 Å². The summed E-state index contributed by atoms with van der Waals surface area (Å²) >= 11 is 5.89. The van der Waals surface area contributed by atoms with Crippen molar-refractivity contribution in [2.45, 2.75) is 4.90 Å². The number of halogens is 1. The van der Waals surface area contributed by atoms with Gasteiger partial charge in [0.25, 0.3) is 0 Å². The van der Waals surface area contributed by atoms with Gasteiger partial charge in [0.1, 0.15) is 17.1 Å². The molecular weight excluding hydrogens is 404 g/mol. The Kier molecular flexibility index (Phi) is 5.67. The summed E-state index contributed by atoms with van der Waals surface area (Å²) in [5, 5.41) is 0.718. The van der Waals surface area contributed by atoms with E-state index in [0.29, 0.717) is 21.7 Å². The van der Waals surface area contributed by atoms with E-state index < -0.39 is 31.9 Å². The molecule has 1 aromatic heterocycles. The van der Waals surface area contributed by atoms with Gasteiger partial charge in [-0.1, -0.05) is 29.8 Å². The average Bonchev–Trinajstić information content (AvgIpc) is 2.66. The van der Waals surface area contributed by atoms with Gasteiger partial charge in [-0.15, -0.1) is 0 Å². The number of allylic oxidation sites excluding steroid dienone is 1. The minimum absolute atomic E-state index is 0.207. The molecule has 6 nitrogen and oxygen atoms in total. The molecular formula is C20H15ClO6S. The summed E-state index contributed by atoms with van der Waals surface area (Å²) in [6, 6.07) is 12.5. The molecule has 144 valence electrons. The first kappa shape index (κ1) is 19.9. The summed E-state index contributed by atoms with van der Waals surface area (Å²) < 4.78 is 35.1. The maximum atomic E-state index is 12.5. The van der Waals surface area contributed by atoms with Crippen molar-refractivity contribution in [3.63, 3.8) is 0 Å². The molecule has 0 atom stereocenters. The molecule has 0 saturated heterocycles. The number of rotatable bonds is 6. The Labute approximate surface area is 165 Å². The molecule has 8 heteroatoms. The fraction of sp³-hybridized carbons (Fsp3) is 0.100. The number of methoxy groups -OCH3 is 1. The zero-order chi connectivity index (χ0) is 20.3. The summed E-state index contributed by atoms with van der Waals surface area (Å²) in [7, 11) is -2.64. The van der Waals surface area contributed by atoms with E-state index in [0.717, 1.165) is 6.08 Å². The number of sulfone groups is 1. The topological polar surface area (TPSA) is 90.7 Å². The van der Waals surface area contributed by atoms with Crippen LogP contribution in [0.2, 0.25) is 5.02 Å². The predicted octanol–water partition coefficient (Wildman–Crippen LogP) is 3.51. The first-order valence-corrected chi connectivity index (χ1v) is 10.1. The highest BCUT2D eigenvalue weighted by molar-refractivity contribution is 7.92. The fourth-order valence-electron chi connectivity index (χ4n) is 2.51. The number of hydrogen-bond acceptors (Lipinski definition) is 6. The largest absolute Gasteiger partial charge is 0.497 e. The van der Waals surface area contributed by atoms with Gasteiger partial charge in [-0.2, -0.15) is 0 Å². The quantitative estimate of drug-likeness (QED) is 0.449. The predicted molar refractivity (Wildman–Crippen MR) is 107 cm³/mol. The zero-order valence-electron chi connectivity index (χ0n) is 14.7. The van der Waals surface area contributed by atoms with E-state index >= 15 is 0 Å². The number of ketones is 1. The first-order chi connectivity index (χ1) is 13.3. The Balaban J connectivity index is 1.83. The molecule has 1 heterocycles. The Morgan fingerprint density at radius 3 is 2.54 bits per heavy atom. The molecule has 2 aromatic carbocycles. The highest BCUT2D eigenvalue weighted by atomic mass is 35.5. The number of benzene rings is 2. The number of carbonyl (C=O) groups excluding carboxylic acids is 1.